The highest BCUT2D eigenvalue weighted by atomic mass is 16.6. The Morgan fingerprint density at radius 3 is 1.48 bits per heavy atom. The zero-order valence-electron chi connectivity index (χ0n) is 21.4. The van der Waals surface area contributed by atoms with Crippen molar-refractivity contribution in [1.82, 2.24) is 0 Å². The molecule has 0 saturated carbocycles. The number of aliphatic hydroxyl groups is 2. The van der Waals surface area contributed by atoms with Gasteiger partial charge in [-0.1, -0.05) is 30.3 Å². The molecule has 3 aromatic rings. The molecule has 0 bridgehead atoms. The summed E-state index contributed by atoms with van der Waals surface area (Å²) in [6.45, 7) is -0.858. The molecule has 1 heterocycles. The number of hydrogen-bond donors (Lipinski definition) is 6. The number of fused-ring (bicyclic) bond motifs is 1. The van der Waals surface area contributed by atoms with Gasteiger partial charge >= 0.3 is 35.8 Å². The first-order valence-corrected chi connectivity index (χ1v) is 11.9. The fourth-order valence-corrected chi connectivity index (χ4v) is 4.26. The van der Waals surface area contributed by atoms with Crippen LogP contribution in [0.4, 0.5) is 0 Å². The van der Waals surface area contributed by atoms with E-state index < -0.39 is 63.6 Å². The van der Waals surface area contributed by atoms with Crippen LogP contribution in [0.5, 0.6) is 0 Å². The van der Waals surface area contributed by atoms with Gasteiger partial charge < -0.3 is 40.1 Å². The van der Waals surface area contributed by atoms with Crippen molar-refractivity contribution in [1.29, 1.82) is 0 Å². The van der Waals surface area contributed by atoms with Crippen LogP contribution in [0.15, 0.2) is 48.5 Å². The van der Waals surface area contributed by atoms with Crippen molar-refractivity contribution in [2.45, 2.75) is 0 Å². The molecule has 6 N–H and O–H groups in total. The molecule has 3 aromatic carbocycles. The first kappa shape index (κ1) is 30.9. The van der Waals surface area contributed by atoms with E-state index in [1.54, 1.807) is 0 Å². The smallest absolute Gasteiger partial charge is 0.339 e. The second kappa shape index (κ2) is 13.2. The van der Waals surface area contributed by atoms with Crippen LogP contribution in [0.3, 0.4) is 0 Å². The second-order valence-electron chi connectivity index (χ2n) is 8.31. The molecule has 0 atom stereocenters. The molecule has 14 nitrogen and oxygen atoms in total. The van der Waals surface area contributed by atoms with Crippen LogP contribution in [0.1, 0.15) is 62.1 Å². The summed E-state index contributed by atoms with van der Waals surface area (Å²) in [5.41, 5.74) is -4.67. The molecule has 14 heteroatoms. The minimum atomic E-state index is -1.69. The average molecular weight is 582 g/mol. The minimum absolute atomic E-state index is 0.125. The van der Waals surface area contributed by atoms with Gasteiger partial charge in [0.05, 0.1) is 46.6 Å². The van der Waals surface area contributed by atoms with Gasteiger partial charge in [0.2, 0.25) is 0 Å². The molecule has 0 radical (unpaired) electrons. The summed E-state index contributed by atoms with van der Waals surface area (Å²) in [6, 6.07) is 9.23. The first-order chi connectivity index (χ1) is 20.0. The highest BCUT2D eigenvalue weighted by Crippen LogP contribution is 2.42. The van der Waals surface area contributed by atoms with E-state index >= 15 is 0 Å². The number of ether oxygens (including phenoxy) is 2. The lowest BCUT2D eigenvalue weighted by Gasteiger charge is -2.22. The molecule has 0 unspecified atom stereocenters. The SMILES string of the molecule is O=C(O)c1cccc(-c2ccc3c(c2-c2cccc(C(=O)O)c2C(=O)O)C(=O)OCCOC3=O)c1C(=O)O.OCCO. The van der Waals surface area contributed by atoms with Crippen LogP contribution in [-0.4, -0.2) is 92.9 Å². The number of carboxylic acid groups (broad SMARTS) is 4. The Bertz CT molecular complexity index is 1600. The van der Waals surface area contributed by atoms with E-state index in [0.717, 1.165) is 18.2 Å². The third-order valence-electron chi connectivity index (χ3n) is 5.86. The first-order valence-electron chi connectivity index (χ1n) is 11.9. The van der Waals surface area contributed by atoms with Crippen LogP contribution in [-0.2, 0) is 9.47 Å². The van der Waals surface area contributed by atoms with Gasteiger partial charge in [0, 0.05) is 5.56 Å². The summed E-state index contributed by atoms with van der Waals surface area (Å²) < 4.78 is 10.2. The summed E-state index contributed by atoms with van der Waals surface area (Å²) in [6.07, 6.45) is 0. The molecule has 0 spiro atoms. The van der Waals surface area contributed by atoms with Gasteiger partial charge in [0.1, 0.15) is 13.2 Å². The molecule has 0 amide bonds. The van der Waals surface area contributed by atoms with Crippen molar-refractivity contribution in [2.75, 3.05) is 26.4 Å². The van der Waals surface area contributed by atoms with E-state index in [1.807, 2.05) is 0 Å². The van der Waals surface area contributed by atoms with E-state index in [4.69, 9.17) is 19.7 Å². The quantitative estimate of drug-likeness (QED) is 0.219. The topological polar surface area (TPSA) is 242 Å². The molecule has 1 aliphatic heterocycles. The Morgan fingerprint density at radius 2 is 1.00 bits per heavy atom. The molecular formula is C28H22O14. The molecule has 218 valence electrons. The van der Waals surface area contributed by atoms with Gasteiger partial charge in [-0.3, -0.25) is 0 Å². The van der Waals surface area contributed by atoms with E-state index in [9.17, 15) is 49.2 Å². The summed E-state index contributed by atoms with van der Waals surface area (Å²) in [5.74, 6) is -8.56. The van der Waals surface area contributed by atoms with Gasteiger partial charge in [-0.05, 0) is 34.9 Å². The molecule has 0 aliphatic carbocycles. The summed E-state index contributed by atoms with van der Waals surface area (Å²) >= 11 is 0. The number of carbonyl (C=O) groups excluding carboxylic acids is 2. The lowest BCUT2D eigenvalue weighted by atomic mass is 9.82. The maximum absolute atomic E-state index is 13.2. The highest BCUT2D eigenvalue weighted by molar-refractivity contribution is 6.16. The van der Waals surface area contributed by atoms with Crippen molar-refractivity contribution in [2.24, 2.45) is 0 Å². The van der Waals surface area contributed by atoms with Gasteiger partial charge in [0.25, 0.3) is 0 Å². The van der Waals surface area contributed by atoms with E-state index in [1.165, 1.54) is 30.3 Å². The number of benzene rings is 3. The van der Waals surface area contributed by atoms with E-state index in [2.05, 4.69) is 0 Å². The Balaban J connectivity index is 0.00000114. The van der Waals surface area contributed by atoms with Crippen molar-refractivity contribution in [3.8, 4) is 22.3 Å². The highest BCUT2D eigenvalue weighted by Gasteiger charge is 2.33. The fraction of sp³-hybridized carbons (Fsp3) is 0.143. The van der Waals surface area contributed by atoms with E-state index in [0.29, 0.717) is 0 Å². The number of rotatable bonds is 7. The van der Waals surface area contributed by atoms with Gasteiger partial charge in [-0.2, -0.15) is 0 Å². The normalized spacial score (nSPS) is 12.3. The van der Waals surface area contributed by atoms with Gasteiger partial charge in [-0.25, -0.2) is 28.8 Å². The Hall–Kier alpha value is -5.60. The second-order valence-corrected chi connectivity index (χ2v) is 8.31. The molecule has 0 fully saturated rings. The molecule has 0 aromatic heterocycles. The van der Waals surface area contributed by atoms with Crippen molar-refractivity contribution >= 4 is 35.8 Å². The molecule has 0 saturated heterocycles. The third-order valence-corrected chi connectivity index (χ3v) is 5.86. The van der Waals surface area contributed by atoms with Gasteiger partial charge in [-0.15, -0.1) is 0 Å². The van der Waals surface area contributed by atoms with Crippen molar-refractivity contribution in [3.63, 3.8) is 0 Å². The summed E-state index contributed by atoms with van der Waals surface area (Å²) in [5, 5.41) is 54.3. The third kappa shape index (κ3) is 6.09. The number of cyclic esters (lactones) is 2. The van der Waals surface area contributed by atoms with Crippen LogP contribution in [0.2, 0.25) is 0 Å². The maximum Gasteiger partial charge on any atom is 0.339 e. The zero-order valence-corrected chi connectivity index (χ0v) is 21.4. The minimum Gasteiger partial charge on any atom is -0.478 e. The summed E-state index contributed by atoms with van der Waals surface area (Å²) in [4.78, 5) is 74.0. The van der Waals surface area contributed by atoms with Crippen LogP contribution < -0.4 is 0 Å². The number of carboxylic acids is 4. The van der Waals surface area contributed by atoms with Crippen molar-refractivity contribution in [3.05, 3.63) is 81.9 Å². The van der Waals surface area contributed by atoms with Crippen molar-refractivity contribution < 1.29 is 68.9 Å². The number of aliphatic hydroxyl groups excluding tert-OH is 2. The molecule has 1 aliphatic rings. The Labute approximate surface area is 235 Å². The van der Waals surface area contributed by atoms with Crippen LogP contribution in [0.25, 0.3) is 22.3 Å². The lowest BCUT2D eigenvalue weighted by Crippen LogP contribution is -2.23. The average Bonchev–Trinajstić information content (AvgIpc) is 2.96. The fourth-order valence-electron chi connectivity index (χ4n) is 4.26. The lowest BCUT2D eigenvalue weighted by molar-refractivity contribution is 0.0226. The van der Waals surface area contributed by atoms with E-state index in [-0.39, 0.29) is 54.2 Å². The number of esters is 2. The molecule has 42 heavy (non-hydrogen) atoms. The number of hydrogen-bond acceptors (Lipinski definition) is 10. The van der Waals surface area contributed by atoms with Gasteiger partial charge in [0.15, 0.2) is 0 Å². The molecular weight excluding hydrogens is 560 g/mol. The predicted octanol–water partition coefficient (Wildman–Crippen LogP) is 2.11. The number of aromatic carboxylic acids is 4. The Morgan fingerprint density at radius 1 is 0.548 bits per heavy atom. The molecule has 4 rings (SSSR count). The maximum atomic E-state index is 13.2. The van der Waals surface area contributed by atoms with Crippen LogP contribution in [0, 0.1) is 0 Å². The zero-order chi connectivity index (χ0) is 31.1. The van der Waals surface area contributed by atoms with Crippen LogP contribution >= 0.6 is 0 Å². The number of carbonyl (C=O) groups is 6. The summed E-state index contributed by atoms with van der Waals surface area (Å²) in [7, 11) is 0. The standard InChI is InChI=1S/C26H16O12.C2H6O2/c27-21(28)14-5-1-3-11(18(14)23(31)32)12-7-8-16-20(26(36)38-10-9-37-25(16)35)17(12)13-4-2-6-15(22(29)30)19(13)24(33)34;3-1-2-4/h1-8H,9-10H2,(H,27,28)(H,29,30)(H,31,32)(H,33,34);3-4H,1-2H2. The monoisotopic (exact) mass is 582 g/mol. The predicted molar refractivity (Wildman–Crippen MR) is 140 cm³/mol. The largest absolute Gasteiger partial charge is 0.478 e. The Kier molecular flexibility index (Phi) is 9.70.